The third-order valence-corrected chi connectivity index (χ3v) is 4.09. The Bertz CT molecular complexity index is 426. The Labute approximate surface area is 96.4 Å². The molecule has 0 fully saturated rings. The maximum Gasteiger partial charge on any atom is 0.158 e. The maximum absolute atomic E-state index is 11.7. The summed E-state index contributed by atoms with van der Waals surface area (Å²) in [5, 5.41) is 0. The topological polar surface area (TPSA) is 34.1 Å². The van der Waals surface area contributed by atoms with Crippen LogP contribution in [0.1, 0.15) is 46.5 Å². The van der Waals surface area contributed by atoms with Gasteiger partial charge in [-0.25, -0.2) is 0 Å². The van der Waals surface area contributed by atoms with Crippen molar-refractivity contribution < 1.29 is 9.59 Å². The van der Waals surface area contributed by atoms with Gasteiger partial charge >= 0.3 is 0 Å². The van der Waals surface area contributed by atoms with E-state index in [1.165, 1.54) is 0 Å². The van der Waals surface area contributed by atoms with E-state index >= 15 is 0 Å². The van der Waals surface area contributed by atoms with Crippen LogP contribution in [0.2, 0.25) is 0 Å². The number of carbonyl (C=O) groups is 2. The number of fused-ring (bicyclic) bond motifs is 1. The van der Waals surface area contributed by atoms with Gasteiger partial charge in [-0.15, -0.1) is 0 Å². The summed E-state index contributed by atoms with van der Waals surface area (Å²) in [6, 6.07) is 0. The third kappa shape index (κ3) is 1.66. The van der Waals surface area contributed by atoms with E-state index in [1.807, 2.05) is 13.0 Å². The van der Waals surface area contributed by atoms with Crippen molar-refractivity contribution >= 4 is 11.6 Å². The molecule has 0 radical (unpaired) electrons. The predicted molar refractivity (Wildman–Crippen MR) is 63.0 cm³/mol. The Balaban J connectivity index is 2.52. The van der Waals surface area contributed by atoms with Crippen molar-refractivity contribution in [1.29, 1.82) is 0 Å². The predicted octanol–water partition coefficient (Wildman–Crippen LogP) is 2.98. The van der Waals surface area contributed by atoms with E-state index in [9.17, 15) is 9.59 Å². The minimum absolute atomic E-state index is 0.122. The number of allylic oxidation sites excluding steroid dienone is 4. The number of rotatable bonds is 1. The first-order chi connectivity index (χ1) is 7.44. The Kier molecular flexibility index (Phi) is 2.61. The molecule has 0 aromatic heterocycles. The zero-order chi connectivity index (χ0) is 11.9. The average Bonchev–Trinajstić information content (AvgIpc) is 2.24. The van der Waals surface area contributed by atoms with Crippen LogP contribution >= 0.6 is 0 Å². The zero-order valence-corrected chi connectivity index (χ0v) is 10.2. The van der Waals surface area contributed by atoms with Crippen molar-refractivity contribution in [1.82, 2.24) is 0 Å². The minimum atomic E-state index is 0.122. The van der Waals surface area contributed by atoms with Gasteiger partial charge in [-0.1, -0.05) is 13.0 Å². The van der Waals surface area contributed by atoms with Gasteiger partial charge in [0.05, 0.1) is 0 Å². The molecule has 2 aliphatic rings. The molecule has 2 rings (SSSR count). The lowest BCUT2D eigenvalue weighted by atomic mass is 9.65. The molecular formula is C14H18O2. The molecule has 0 heterocycles. The quantitative estimate of drug-likeness (QED) is 0.678. The normalized spacial score (nSPS) is 29.9. The van der Waals surface area contributed by atoms with E-state index in [1.54, 1.807) is 6.92 Å². The molecule has 16 heavy (non-hydrogen) atoms. The van der Waals surface area contributed by atoms with Crippen LogP contribution in [0.25, 0.3) is 0 Å². The second-order valence-electron chi connectivity index (χ2n) is 5.25. The van der Waals surface area contributed by atoms with Crippen molar-refractivity contribution in [2.75, 3.05) is 0 Å². The Morgan fingerprint density at radius 3 is 2.56 bits per heavy atom. The molecular weight excluding hydrogens is 200 g/mol. The van der Waals surface area contributed by atoms with Crippen molar-refractivity contribution in [3.8, 4) is 0 Å². The summed E-state index contributed by atoms with van der Waals surface area (Å²) < 4.78 is 0. The molecule has 2 nitrogen and oxygen atoms in total. The fraction of sp³-hybridized carbons (Fsp3) is 0.571. The molecule has 0 bridgehead atoms. The minimum Gasteiger partial charge on any atom is -0.295 e. The van der Waals surface area contributed by atoms with Crippen molar-refractivity contribution in [3.63, 3.8) is 0 Å². The van der Waals surface area contributed by atoms with Crippen molar-refractivity contribution in [3.05, 3.63) is 22.8 Å². The summed E-state index contributed by atoms with van der Waals surface area (Å²) in [5.41, 5.74) is 2.98. The van der Waals surface area contributed by atoms with Crippen LogP contribution in [0.5, 0.6) is 0 Å². The van der Waals surface area contributed by atoms with E-state index in [-0.39, 0.29) is 17.0 Å². The fourth-order valence-corrected chi connectivity index (χ4v) is 2.79. The van der Waals surface area contributed by atoms with Gasteiger partial charge in [-0.05, 0) is 55.2 Å². The molecule has 0 spiro atoms. The van der Waals surface area contributed by atoms with Crippen LogP contribution in [-0.4, -0.2) is 11.6 Å². The fourth-order valence-electron chi connectivity index (χ4n) is 2.79. The molecule has 0 aromatic carbocycles. The molecule has 0 aliphatic heterocycles. The summed E-state index contributed by atoms with van der Waals surface area (Å²) in [6.45, 7) is 5.72. The Hall–Kier alpha value is -1.18. The van der Waals surface area contributed by atoms with Gasteiger partial charge < -0.3 is 0 Å². The van der Waals surface area contributed by atoms with Gasteiger partial charge in [0.2, 0.25) is 0 Å². The van der Waals surface area contributed by atoms with Gasteiger partial charge in [-0.3, -0.25) is 9.59 Å². The highest BCUT2D eigenvalue weighted by atomic mass is 16.1. The smallest absolute Gasteiger partial charge is 0.158 e. The largest absolute Gasteiger partial charge is 0.295 e. The van der Waals surface area contributed by atoms with Crippen LogP contribution in [0, 0.1) is 5.41 Å². The van der Waals surface area contributed by atoms with E-state index in [2.05, 4.69) is 6.92 Å². The lowest BCUT2D eigenvalue weighted by molar-refractivity contribution is -0.117. The first-order valence-electron chi connectivity index (χ1n) is 5.90. The first kappa shape index (κ1) is 11.3. The second kappa shape index (κ2) is 3.69. The maximum atomic E-state index is 11.7. The standard InChI is InChI=1S/C14H18O2/c1-9-12-8-11(10(2)15)4-6-14(12,3)7-5-13(9)16/h8H,4-7H2,1-3H3/t14-/m0/s1. The highest BCUT2D eigenvalue weighted by molar-refractivity contribution is 5.99. The van der Waals surface area contributed by atoms with Gasteiger partial charge in [-0.2, -0.15) is 0 Å². The first-order valence-corrected chi connectivity index (χ1v) is 5.90. The van der Waals surface area contributed by atoms with E-state index in [4.69, 9.17) is 0 Å². The van der Waals surface area contributed by atoms with E-state index in [0.717, 1.165) is 36.0 Å². The van der Waals surface area contributed by atoms with Crippen LogP contribution in [0.15, 0.2) is 22.8 Å². The molecule has 2 heteroatoms. The van der Waals surface area contributed by atoms with Crippen molar-refractivity contribution in [2.24, 2.45) is 5.41 Å². The Morgan fingerprint density at radius 2 is 1.94 bits per heavy atom. The molecule has 0 aromatic rings. The molecule has 0 unspecified atom stereocenters. The third-order valence-electron chi connectivity index (χ3n) is 4.09. The van der Waals surface area contributed by atoms with Gasteiger partial charge in [0.1, 0.15) is 0 Å². The zero-order valence-electron chi connectivity index (χ0n) is 10.2. The molecule has 2 aliphatic carbocycles. The molecule has 1 atom stereocenters. The summed E-state index contributed by atoms with van der Waals surface area (Å²) in [6.07, 6.45) is 5.42. The van der Waals surface area contributed by atoms with E-state index in [0.29, 0.717) is 6.42 Å². The lowest BCUT2D eigenvalue weighted by Gasteiger charge is -2.39. The summed E-state index contributed by atoms with van der Waals surface area (Å²) in [5.74, 6) is 0.383. The number of Topliss-reactive ketones (excluding diaryl/α,β-unsaturated/α-hetero) is 2. The molecule has 0 saturated heterocycles. The molecule has 0 amide bonds. The summed E-state index contributed by atoms with van der Waals surface area (Å²) in [7, 11) is 0. The number of ketones is 2. The highest BCUT2D eigenvalue weighted by Gasteiger charge is 2.37. The van der Waals surface area contributed by atoms with Gasteiger partial charge in [0, 0.05) is 6.42 Å². The summed E-state index contributed by atoms with van der Waals surface area (Å²) in [4.78, 5) is 23.1. The second-order valence-corrected chi connectivity index (χ2v) is 5.25. The number of hydrogen-bond acceptors (Lipinski definition) is 2. The average molecular weight is 218 g/mol. The summed E-state index contributed by atoms with van der Waals surface area (Å²) >= 11 is 0. The van der Waals surface area contributed by atoms with Gasteiger partial charge in [0.25, 0.3) is 0 Å². The monoisotopic (exact) mass is 218 g/mol. The Morgan fingerprint density at radius 1 is 1.31 bits per heavy atom. The SMILES string of the molecule is CC(=O)C1=CC2=C(C)C(=O)CC[C@]2(C)CC1. The van der Waals surface area contributed by atoms with Crippen LogP contribution in [0.4, 0.5) is 0 Å². The van der Waals surface area contributed by atoms with E-state index < -0.39 is 0 Å². The van der Waals surface area contributed by atoms with Crippen LogP contribution < -0.4 is 0 Å². The van der Waals surface area contributed by atoms with Crippen molar-refractivity contribution in [2.45, 2.75) is 46.5 Å². The van der Waals surface area contributed by atoms with Gasteiger partial charge in [0.15, 0.2) is 11.6 Å². The van der Waals surface area contributed by atoms with Crippen LogP contribution in [0.3, 0.4) is 0 Å². The molecule has 0 N–H and O–H groups in total. The number of carbonyl (C=O) groups excluding carboxylic acids is 2. The molecule has 86 valence electrons. The van der Waals surface area contributed by atoms with Crippen LogP contribution in [-0.2, 0) is 9.59 Å². The highest BCUT2D eigenvalue weighted by Crippen LogP contribution is 2.47. The molecule has 0 saturated carbocycles. The lowest BCUT2D eigenvalue weighted by Crippen LogP contribution is -2.30. The number of hydrogen-bond donors (Lipinski definition) is 0.